The monoisotopic (exact) mass is 237 g/mol. The van der Waals surface area contributed by atoms with E-state index >= 15 is 0 Å². The van der Waals surface area contributed by atoms with E-state index in [-0.39, 0.29) is 23.8 Å². The lowest BCUT2D eigenvalue weighted by molar-refractivity contribution is 0.118. The summed E-state index contributed by atoms with van der Waals surface area (Å²) in [6.45, 7) is 8.01. The Hall–Kier alpha value is -1.52. The smallest absolute Gasteiger partial charge is 0.411 e. The number of cyclic esters (lactones) is 1. The van der Waals surface area contributed by atoms with Crippen LogP contribution in [0.25, 0.3) is 0 Å². The van der Waals surface area contributed by atoms with Gasteiger partial charge in [0.2, 0.25) is 0 Å². The zero-order valence-corrected chi connectivity index (χ0v) is 11.0. The molecule has 0 bridgehead atoms. The predicted octanol–water partition coefficient (Wildman–Crippen LogP) is 2.10. The zero-order valence-electron chi connectivity index (χ0n) is 11.0. The molecular weight excluding hydrogens is 218 g/mol. The van der Waals surface area contributed by atoms with Gasteiger partial charge in [-0.2, -0.15) is 5.10 Å². The number of amides is 1. The van der Waals surface area contributed by atoms with E-state index in [2.05, 4.69) is 5.10 Å². The highest BCUT2D eigenvalue weighted by Crippen LogP contribution is 2.35. The van der Waals surface area contributed by atoms with Gasteiger partial charge in [-0.15, -0.1) is 0 Å². The summed E-state index contributed by atoms with van der Waals surface area (Å²) in [6, 6.07) is 1.89. The molecule has 0 unspecified atom stereocenters. The Kier molecular flexibility index (Phi) is 2.64. The molecule has 1 fully saturated rings. The number of hydrogen-bond donors (Lipinski definition) is 0. The van der Waals surface area contributed by atoms with Crippen LogP contribution in [-0.2, 0) is 11.8 Å². The standard InChI is InChI=1S/C12H19N3O2/c1-8-10(9-6-7-14(5)13-9)17-11(16)15(8)12(2,3)4/h6-8,10H,1-5H3/t8-,10-/m0/s1. The lowest BCUT2D eigenvalue weighted by Gasteiger charge is -2.33. The van der Waals surface area contributed by atoms with E-state index in [0.717, 1.165) is 5.69 Å². The minimum absolute atomic E-state index is 0.00241. The molecule has 1 saturated heterocycles. The second kappa shape index (κ2) is 3.75. The first-order valence-electron chi connectivity index (χ1n) is 5.80. The van der Waals surface area contributed by atoms with Gasteiger partial charge >= 0.3 is 6.09 Å². The van der Waals surface area contributed by atoms with E-state index in [1.54, 1.807) is 9.58 Å². The number of aromatic nitrogens is 2. The molecule has 2 atom stereocenters. The maximum absolute atomic E-state index is 11.9. The average molecular weight is 237 g/mol. The van der Waals surface area contributed by atoms with Crippen LogP contribution >= 0.6 is 0 Å². The van der Waals surface area contributed by atoms with Gasteiger partial charge in [-0.25, -0.2) is 4.79 Å². The van der Waals surface area contributed by atoms with Gasteiger partial charge in [0.15, 0.2) is 6.10 Å². The Morgan fingerprint density at radius 3 is 2.47 bits per heavy atom. The van der Waals surface area contributed by atoms with Crippen molar-refractivity contribution in [2.45, 2.75) is 45.4 Å². The Morgan fingerprint density at radius 2 is 2.06 bits per heavy atom. The molecule has 5 nitrogen and oxygen atoms in total. The highest BCUT2D eigenvalue weighted by Gasteiger charge is 2.45. The molecule has 1 aliphatic heterocycles. The summed E-state index contributed by atoms with van der Waals surface area (Å²) in [7, 11) is 1.85. The van der Waals surface area contributed by atoms with E-state index in [1.165, 1.54) is 0 Å². The normalized spacial score (nSPS) is 25.2. The van der Waals surface area contributed by atoms with Crippen molar-refractivity contribution in [2.75, 3.05) is 0 Å². The van der Waals surface area contributed by atoms with E-state index < -0.39 is 0 Å². The molecule has 1 aromatic heterocycles. The highest BCUT2D eigenvalue weighted by atomic mass is 16.6. The summed E-state index contributed by atoms with van der Waals surface area (Å²) in [6.07, 6.45) is 1.32. The number of aryl methyl sites for hydroxylation is 1. The first-order valence-corrected chi connectivity index (χ1v) is 5.80. The summed E-state index contributed by atoms with van der Waals surface area (Å²) in [5, 5.41) is 4.31. The van der Waals surface area contributed by atoms with Crippen LogP contribution in [0.2, 0.25) is 0 Å². The molecule has 2 rings (SSSR count). The lowest BCUT2D eigenvalue weighted by atomic mass is 10.0. The largest absolute Gasteiger partial charge is 0.437 e. The lowest BCUT2D eigenvalue weighted by Crippen LogP contribution is -2.46. The highest BCUT2D eigenvalue weighted by molar-refractivity contribution is 5.71. The van der Waals surface area contributed by atoms with E-state index in [4.69, 9.17) is 4.74 Å². The number of carbonyl (C=O) groups is 1. The van der Waals surface area contributed by atoms with E-state index in [1.807, 2.05) is 47.0 Å². The van der Waals surface area contributed by atoms with Gasteiger partial charge in [0, 0.05) is 18.8 Å². The number of nitrogens with zero attached hydrogens (tertiary/aromatic N) is 3. The van der Waals surface area contributed by atoms with Crippen molar-refractivity contribution < 1.29 is 9.53 Å². The van der Waals surface area contributed by atoms with E-state index in [9.17, 15) is 4.79 Å². The third kappa shape index (κ3) is 2.01. The second-order valence-electron chi connectivity index (χ2n) is 5.50. The van der Waals surface area contributed by atoms with Crippen LogP contribution in [-0.4, -0.2) is 32.4 Å². The van der Waals surface area contributed by atoms with Crippen LogP contribution in [0.15, 0.2) is 12.3 Å². The molecule has 1 amide bonds. The van der Waals surface area contributed by atoms with Crippen LogP contribution in [0, 0.1) is 0 Å². The first-order chi connectivity index (χ1) is 7.80. The molecule has 94 valence electrons. The molecule has 17 heavy (non-hydrogen) atoms. The number of hydrogen-bond acceptors (Lipinski definition) is 3. The fourth-order valence-corrected chi connectivity index (χ4v) is 2.34. The van der Waals surface area contributed by atoms with Crippen molar-refractivity contribution in [3.8, 4) is 0 Å². The van der Waals surface area contributed by atoms with Gasteiger partial charge in [-0.1, -0.05) is 0 Å². The van der Waals surface area contributed by atoms with Crippen LogP contribution in [0.4, 0.5) is 4.79 Å². The minimum atomic E-state index is -0.275. The molecule has 0 aliphatic carbocycles. The van der Waals surface area contributed by atoms with Gasteiger partial charge in [0.1, 0.15) is 5.69 Å². The second-order valence-corrected chi connectivity index (χ2v) is 5.50. The van der Waals surface area contributed by atoms with Crippen molar-refractivity contribution in [2.24, 2.45) is 7.05 Å². The summed E-state index contributed by atoms with van der Waals surface area (Å²) in [4.78, 5) is 13.7. The SMILES string of the molecule is C[C@H]1[C@@H](c2ccn(C)n2)OC(=O)N1C(C)(C)C. The van der Waals surface area contributed by atoms with Crippen molar-refractivity contribution >= 4 is 6.09 Å². The molecule has 1 aromatic rings. The fourth-order valence-electron chi connectivity index (χ4n) is 2.34. The van der Waals surface area contributed by atoms with Crippen molar-refractivity contribution in [3.63, 3.8) is 0 Å². The predicted molar refractivity (Wildman–Crippen MR) is 63.5 cm³/mol. The Morgan fingerprint density at radius 1 is 1.41 bits per heavy atom. The van der Waals surface area contributed by atoms with Gasteiger partial charge in [0.05, 0.1) is 6.04 Å². The fraction of sp³-hybridized carbons (Fsp3) is 0.667. The zero-order chi connectivity index (χ0) is 12.8. The number of rotatable bonds is 1. The average Bonchev–Trinajstić information content (AvgIpc) is 2.69. The first kappa shape index (κ1) is 12.0. The van der Waals surface area contributed by atoms with Crippen molar-refractivity contribution in [3.05, 3.63) is 18.0 Å². The summed E-state index contributed by atoms with van der Waals surface area (Å²) in [5.74, 6) is 0. The Labute approximate surface area is 101 Å². The van der Waals surface area contributed by atoms with Crippen LogP contribution < -0.4 is 0 Å². The molecule has 0 saturated carbocycles. The Bertz CT molecular complexity index is 433. The summed E-state index contributed by atoms with van der Waals surface area (Å²) < 4.78 is 7.14. The summed E-state index contributed by atoms with van der Waals surface area (Å²) >= 11 is 0. The molecule has 5 heteroatoms. The molecule has 0 spiro atoms. The topological polar surface area (TPSA) is 47.4 Å². The minimum Gasteiger partial charge on any atom is -0.437 e. The van der Waals surface area contributed by atoms with Crippen LogP contribution in [0.5, 0.6) is 0 Å². The van der Waals surface area contributed by atoms with Crippen molar-refractivity contribution in [1.82, 2.24) is 14.7 Å². The van der Waals surface area contributed by atoms with Gasteiger partial charge < -0.3 is 4.74 Å². The van der Waals surface area contributed by atoms with Gasteiger partial charge in [-0.3, -0.25) is 9.58 Å². The molecule has 0 aromatic carbocycles. The third-order valence-corrected chi connectivity index (χ3v) is 3.02. The van der Waals surface area contributed by atoms with Gasteiger partial charge in [-0.05, 0) is 33.8 Å². The molecule has 0 radical (unpaired) electrons. The molecule has 0 N–H and O–H groups in total. The number of ether oxygens (including phenoxy) is 1. The molecule has 2 heterocycles. The summed E-state index contributed by atoms with van der Waals surface area (Å²) in [5.41, 5.74) is 0.570. The number of carbonyl (C=O) groups excluding carboxylic acids is 1. The quantitative estimate of drug-likeness (QED) is 0.751. The molecular formula is C12H19N3O2. The van der Waals surface area contributed by atoms with Crippen LogP contribution in [0.1, 0.15) is 39.5 Å². The van der Waals surface area contributed by atoms with E-state index in [0.29, 0.717) is 0 Å². The van der Waals surface area contributed by atoms with Crippen molar-refractivity contribution in [1.29, 1.82) is 0 Å². The maximum Gasteiger partial charge on any atom is 0.411 e. The van der Waals surface area contributed by atoms with Gasteiger partial charge in [0.25, 0.3) is 0 Å². The van der Waals surface area contributed by atoms with Crippen LogP contribution in [0.3, 0.4) is 0 Å². The third-order valence-electron chi connectivity index (χ3n) is 3.02. The molecule has 1 aliphatic rings. The maximum atomic E-state index is 11.9. The Balaban J connectivity index is 2.27.